The largest absolute Gasteiger partial charge is 0.468 e. The molecule has 0 radical (unpaired) electrons. The molecule has 0 heterocycles. The number of rotatable bonds is 4. The van der Waals surface area contributed by atoms with Gasteiger partial charge in [-0.25, -0.2) is 11.4 Å². The fourth-order valence-electron chi connectivity index (χ4n) is 2.78. The molecule has 1 aliphatic carbocycles. The first-order chi connectivity index (χ1) is 10.5. The highest BCUT2D eigenvalue weighted by Gasteiger charge is 2.53. The molecule has 0 saturated heterocycles. The number of nitrogens with zero attached hydrogens (tertiary/aromatic N) is 1. The Morgan fingerprint density at radius 2 is 2.05 bits per heavy atom. The van der Waals surface area contributed by atoms with E-state index >= 15 is 0 Å². The maximum Gasteiger partial charge on any atom is 0.337 e. The Bertz CT molecular complexity index is 688. The third kappa shape index (κ3) is 2.35. The molecule has 0 bridgehead atoms. The van der Waals surface area contributed by atoms with Gasteiger partial charge in [0.25, 0.3) is 0 Å². The fourth-order valence-corrected chi connectivity index (χ4v) is 2.78. The molecule has 0 saturated carbocycles. The molecule has 0 aliphatic heterocycles. The zero-order chi connectivity index (χ0) is 16.3. The second-order valence-electron chi connectivity index (χ2n) is 5.07. The summed E-state index contributed by atoms with van der Waals surface area (Å²) in [4.78, 5) is 39.6. The summed E-state index contributed by atoms with van der Waals surface area (Å²) in [5, 5.41) is 0. The molecule has 6 heteroatoms. The van der Waals surface area contributed by atoms with E-state index in [0.717, 1.165) is 0 Å². The number of Topliss-reactive ketones (excluding diaryl/α,β-unsaturated/α-hetero) is 1. The molecule has 0 aromatic heterocycles. The summed E-state index contributed by atoms with van der Waals surface area (Å²) >= 11 is 0. The van der Waals surface area contributed by atoms with E-state index in [1.54, 1.807) is 6.07 Å². The average Bonchev–Trinajstić information content (AvgIpc) is 2.84. The molecule has 1 aromatic rings. The summed E-state index contributed by atoms with van der Waals surface area (Å²) < 4.78 is 9.43. The number of fused-ring (bicyclic) bond motifs is 1. The maximum atomic E-state index is 12.7. The van der Waals surface area contributed by atoms with Crippen molar-refractivity contribution in [2.75, 3.05) is 20.8 Å². The molecule has 1 aromatic carbocycles. The second-order valence-corrected chi connectivity index (χ2v) is 5.07. The zero-order valence-corrected chi connectivity index (χ0v) is 12.3. The first-order valence-corrected chi connectivity index (χ1v) is 6.68. The van der Waals surface area contributed by atoms with Crippen LogP contribution in [0, 0.1) is 12.0 Å². The van der Waals surface area contributed by atoms with Crippen LogP contribution < -0.4 is 0 Å². The summed E-state index contributed by atoms with van der Waals surface area (Å²) in [6.07, 6.45) is 0.235. The van der Waals surface area contributed by atoms with E-state index < -0.39 is 17.4 Å². The van der Waals surface area contributed by atoms with E-state index in [2.05, 4.69) is 9.58 Å². The minimum Gasteiger partial charge on any atom is -0.468 e. The van der Waals surface area contributed by atoms with E-state index in [4.69, 9.17) is 11.3 Å². The normalized spacial score (nSPS) is 19.2. The van der Waals surface area contributed by atoms with Gasteiger partial charge in [0.15, 0.2) is 5.78 Å². The van der Waals surface area contributed by atoms with Crippen LogP contribution in [0.5, 0.6) is 0 Å². The second kappa shape index (κ2) is 5.98. The van der Waals surface area contributed by atoms with Crippen molar-refractivity contribution in [1.29, 1.82) is 0 Å². The predicted octanol–water partition coefficient (Wildman–Crippen LogP) is 1.68. The summed E-state index contributed by atoms with van der Waals surface area (Å²) in [7, 11) is 2.49. The Morgan fingerprint density at radius 1 is 1.32 bits per heavy atom. The van der Waals surface area contributed by atoms with Crippen LogP contribution in [0.25, 0.3) is 4.85 Å². The number of esters is 2. The minimum absolute atomic E-state index is 0.0543. The van der Waals surface area contributed by atoms with Gasteiger partial charge in [0.2, 0.25) is 6.54 Å². The summed E-state index contributed by atoms with van der Waals surface area (Å²) in [6.45, 7) is 6.95. The number of carbonyl (C=O) groups is 3. The van der Waals surface area contributed by atoms with Gasteiger partial charge in [-0.1, -0.05) is 6.07 Å². The standard InChI is InChI=1S/C16H15NO5/c1-17-7-6-16(15(20)22-3)9-11-8-10(14(19)21-2)4-5-12(11)13(16)18/h4-5,8H,6-7,9H2,2-3H3. The lowest BCUT2D eigenvalue weighted by Gasteiger charge is -2.21. The molecule has 0 amide bonds. The van der Waals surface area contributed by atoms with Crippen LogP contribution in [0.15, 0.2) is 18.2 Å². The number of ketones is 1. The lowest BCUT2D eigenvalue weighted by molar-refractivity contribution is -0.149. The Kier molecular flexibility index (Phi) is 4.27. The molecule has 6 nitrogen and oxygen atoms in total. The van der Waals surface area contributed by atoms with Crippen molar-refractivity contribution in [2.45, 2.75) is 12.8 Å². The van der Waals surface area contributed by atoms with Crippen molar-refractivity contribution >= 4 is 17.7 Å². The average molecular weight is 301 g/mol. The molecule has 1 unspecified atom stereocenters. The molecule has 22 heavy (non-hydrogen) atoms. The van der Waals surface area contributed by atoms with Crippen LogP contribution in [0.4, 0.5) is 0 Å². The lowest BCUT2D eigenvalue weighted by Crippen LogP contribution is -2.38. The Morgan fingerprint density at radius 3 is 2.64 bits per heavy atom. The fraction of sp³-hybridized carbons (Fsp3) is 0.375. The maximum absolute atomic E-state index is 12.7. The molecular weight excluding hydrogens is 286 g/mol. The summed E-state index contributed by atoms with van der Waals surface area (Å²) in [5.41, 5.74) is -0.0534. The van der Waals surface area contributed by atoms with Gasteiger partial charge < -0.3 is 14.3 Å². The molecule has 0 spiro atoms. The highest BCUT2D eigenvalue weighted by atomic mass is 16.5. The molecule has 0 fully saturated rings. The van der Waals surface area contributed by atoms with Crippen LogP contribution in [0.3, 0.4) is 0 Å². The molecule has 0 N–H and O–H groups in total. The van der Waals surface area contributed by atoms with Gasteiger partial charge in [0, 0.05) is 12.0 Å². The number of benzene rings is 1. The van der Waals surface area contributed by atoms with Gasteiger partial charge in [-0.2, -0.15) is 0 Å². The number of hydrogen-bond donors (Lipinski definition) is 0. The highest BCUT2D eigenvalue weighted by molar-refractivity contribution is 6.16. The lowest BCUT2D eigenvalue weighted by atomic mass is 9.80. The number of carbonyl (C=O) groups excluding carboxylic acids is 3. The SMILES string of the molecule is [C-]#[N+]CCC1(C(=O)OC)Cc2cc(C(=O)OC)ccc2C1=O. The van der Waals surface area contributed by atoms with Gasteiger partial charge in [-0.05, 0) is 24.1 Å². The third-order valence-electron chi connectivity index (χ3n) is 3.92. The van der Waals surface area contributed by atoms with E-state index in [1.807, 2.05) is 0 Å². The minimum atomic E-state index is -1.36. The van der Waals surface area contributed by atoms with Crippen molar-refractivity contribution in [2.24, 2.45) is 5.41 Å². The van der Waals surface area contributed by atoms with Crippen molar-refractivity contribution in [3.05, 3.63) is 46.3 Å². The van der Waals surface area contributed by atoms with Gasteiger partial charge in [0.05, 0.1) is 19.8 Å². The molecule has 114 valence electrons. The van der Waals surface area contributed by atoms with Crippen molar-refractivity contribution in [3.63, 3.8) is 0 Å². The van der Waals surface area contributed by atoms with Crippen LogP contribution in [0.2, 0.25) is 0 Å². The zero-order valence-electron chi connectivity index (χ0n) is 12.3. The van der Waals surface area contributed by atoms with E-state index in [1.165, 1.54) is 26.4 Å². The Balaban J connectivity index is 2.46. The van der Waals surface area contributed by atoms with Crippen LogP contribution in [0.1, 0.15) is 32.7 Å². The van der Waals surface area contributed by atoms with Crippen molar-refractivity contribution in [3.8, 4) is 0 Å². The summed E-state index contributed by atoms with van der Waals surface area (Å²) in [6, 6.07) is 4.57. The Hall–Kier alpha value is -2.68. The number of hydrogen-bond acceptors (Lipinski definition) is 5. The number of ether oxygens (including phenoxy) is 2. The van der Waals surface area contributed by atoms with Crippen molar-refractivity contribution < 1.29 is 23.9 Å². The first kappa shape index (κ1) is 15.7. The van der Waals surface area contributed by atoms with Crippen LogP contribution in [-0.4, -0.2) is 38.5 Å². The first-order valence-electron chi connectivity index (χ1n) is 6.68. The van der Waals surface area contributed by atoms with E-state index in [0.29, 0.717) is 16.7 Å². The molecular formula is C16H15NO5. The highest BCUT2D eigenvalue weighted by Crippen LogP contribution is 2.41. The monoisotopic (exact) mass is 301 g/mol. The topological polar surface area (TPSA) is 74.0 Å². The third-order valence-corrected chi connectivity index (χ3v) is 3.92. The molecule has 2 rings (SSSR count). The number of methoxy groups -OCH3 is 2. The van der Waals surface area contributed by atoms with Gasteiger partial charge in [-0.3, -0.25) is 9.59 Å². The van der Waals surface area contributed by atoms with E-state index in [9.17, 15) is 14.4 Å². The quantitative estimate of drug-likeness (QED) is 0.480. The predicted molar refractivity (Wildman–Crippen MR) is 76.4 cm³/mol. The molecule has 1 aliphatic rings. The van der Waals surface area contributed by atoms with Gasteiger partial charge in [-0.15, -0.1) is 0 Å². The summed E-state index contributed by atoms with van der Waals surface area (Å²) in [5.74, 6) is -1.50. The molecule has 1 atom stereocenters. The van der Waals surface area contributed by atoms with Crippen molar-refractivity contribution in [1.82, 2.24) is 0 Å². The Labute approximate surface area is 127 Å². The smallest absolute Gasteiger partial charge is 0.337 e. The van der Waals surface area contributed by atoms with Crippen LogP contribution >= 0.6 is 0 Å². The van der Waals surface area contributed by atoms with E-state index in [-0.39, 0.29) is 25.2 Å². The van der Waals surface area contributed by atoms with Gasteiger partial charge >= 0.3 is 11.9 Å². The van der Waals surface area contributed by atoms with Crippen LogP contribution in [-0.2, 0) is 20.7 Å². The van der Waals surface area contributed by atoms with Gasteiger partial charge in [0.1, 0.15) is 5.41 Å².